The van der Waals surface area contributed by atoms with E-state index < -0.39 is 0 Å². The largest absolute Gasteiger partial charge is 0.374 e. The zero-order valence-electron chi connectivity index (χ0n) is 11.6. The zero-order chi connectivity index (χ0) is 13.0. The Balaban J connectivity index is 1.87. The fourth-order valence-electron chi connectivity index (χ4n) is 2.45. The Morgan fingerprint density at radius 1 is 1.61 bits per heavy atom. The Kier molecular flexibility index (Phi) is 4.74. The summed E-state index contributed by atoms with van der Waals surface area (Å²) in [6.07, 6.45) is 3.42. The highest BCUT2D eigenvalue weighted by molar-refractivity contribution is 5.16. The zero-order valence-corrected chi connectivity index (χ0v) is 11.6. The van der Waals surface area contributed by atoms with E-state index in [-0.39, 0.29) is 0 Å². The smallest absolute Gasteiger partial charge is 0.0826 e. The molecule has 1 saturated heterocycles. The SMILES string of the molecule is CCc1nn(C)cc1CN(C)CC1CNCCO1. The van der Waals surface area contributed by atoms with Crippen LogP contribution in [0.5, 0.6) is 0 Å². The number of aromatic nitrogens is 2. The fourth-order valence-corrected chi connectivity index (χ4v) is 2.45. The molecule has 1 N–H and O–H groups in total. The molecule has 1 atom stereocenters. The van der Waals surface area contributed by atoms with E-state index in [1.54, 1.807) is 0 Å². The van der Waals surface area contributed by atoms with Gasteiger partial charge in [-0.2, -0.15) is 5.10 Å². The Bertz CT molecular complexity index is 371. The van der Waals surface area contributed by atoms with Crippen LogP contribution in [0.15, 0.2) is 6.20 Å². The van der Waals surface area contributed by atoms with Crippen molar-refractivity contribution >= 4 is 0 Å². The number of morpholine rings is 1. The third-order valence-electron chi connectivity index (χ3n) is 3.29. The molecule has 1 unspecified atom stereocenters. The first-order valence-corrected chi connectivity index (χ1v) is 6.71. The van der Waals surface area contributed by atoms with E-state index in [4.69, 9.17) is 4.74 Å². The molecule has 0 saturated carbocycles. The van der Waals surface area contributed by atoms with Gasteiger partial charge >= 0.3 is 0 Å². The van der Waals surface area contributed by atoms with Crippen molar-refractivity contribution in [3.8, 4) is 0 Å². The van der Waals surface area contributed by atoms with Crippen LogP contribution in [-0.4, -0.2) is 54.1 Å². The van der Waals surface area contributed by atoms with E-state index in [1.165, 1.54) is 11.3 Å². The third-order valence-corrected chi connectivity index (χ3v) is 3.29. The van der Waals surface area contributed by atoms with Gasteiger partial charge in [-0.1, -0.05) is 6.92 Å². The second-order valence-corrected chi connectivity index (χ2v) is 5.02. The average Bonchev–Trinajstić information content (AvgIpc) is 2.70. The molecular weight excluding hydrogens is 228 g/mol. The molecule has 1 aliphatic heterocycles. The minimum absolute atomic E-state index is 0.311. The first-order valence-electron chi connectivity index (χ1n) is 6.71. The Hall–Kier alpha value is -0.910. The predicted octanol–water partition coefficient (Wildman–Crippen LogP) is 0.403. The number of nitrogens with one attached hydrogen (secondary N) is 1. The van der Waals surface area contributed by atoms with Crippen LogP contribution < -0.4 is 5.32 Å². The lowest BCUT2D eigenvalue weighted by Gasteiger charge is -2.27. The van der Waals surface area contributed by atoms with Crippen molar-refractivity contribution in [2.24, 2.45) is 7.05 Å². The molecule has 0 aromatic carbocycles. The summed E-state index contributed by atoms with van der Waals surface area (Å²) in [5.74, 6) is 0. The predicted molar refractivity (Wildman–Crippen MR) is 71.5 cm³/mol. The quantitative estimate of drug-likeness (QED) is 0.824. The highest BCUT2D eigenvalue weighted by Crippen LogP contribution is 2.10. The third kappa shape index (κ3) is 3.54. The van der Waals surface area contributed by atoms with E-state index in [0.29, 0.717) is 6.10 Å². The van der Waals surface area contributed by atoms with Crippen LogP contribution in [0.25, 0.3) is 0 Å². The second kappa shape index (κ2) is 6.31. The summed E-state index contributed by atoms with van der Waals surface area (Å²) in [7, 11) is 4.13. The number of aryl methyl sites for hydroxylation is 2. The first kappa shape index (κ1) is 13.5. The van der Waals surface area contributed by atoms with Crippen LogP contribution in [0.2, 0.25) is 0 Å². The maximum atomic E-state index is 5.72. The molecule has 0 amide bonds. The van der Waals surface area contributed by atoms with Crippen LogP contribution in [0.1, 0.15) is 18.2 Å². The lowest BCUT2D eigenvalue weighted by Crippen LogP contribution is -2.44. The van der Waals surface area contributed by atoms with E-state index in [0.717, 1.165) is 39.2 Å². The fraction of sp³-hybridized carbons (Fsp3) is 0.769. The minimum atomic E-state index is 0.311. The Morgan fingerprint density at radius 3 is 3.11 bits per heavy atom. The van der Waals surface area contributed by atoms with Crippen molar-refractivity contribution in [1.82, 2.24) is 20.0 Å². The molecule has 0 bridgehead atoms. The molecule has 1 fully saturated rings. The van der Waals surface area contributed by atoms with Crippen molar-refractivity contribution in [3.63, 3.8) is 0 Å². The number of ether oxygens (including phenoxy) is 1. The first-order chi connectivity index (χ1) is 8.69. The maximum absolute atomic E-state index is 5.72. The summed E-state index contributed by atoms with van der Waals surface area (Å²) in [5, 5.41) is 7.84. The summed E-state index contributed by atoms with van der Waals surface area (Å²) >= 11 is 0. The van der Waals surface area contributed by atoms with E-state index in [2.05, 4.69) is 35.5 Å². The number of likely N-dealkylation sites (N-methyl/N-ethyl adjacent to an activating group) is 1. The van der Waals surface area contributed by atoms with Gasteiger partial charge in [-0.25, -0.2) is 0 Å². The molecule has 0 aliphatic carbocycles. The molecule has 1 aliphatic rings. The number of nitrogens with zero attached hydrogens (tertiary/aromatic N) is 3. The van der Waals surface area contributed by atoms with Gasteiger partial charge in [0, 0.05) is 45.0 Å². The number of hydrogen-bond donors (Lipinski definition) is 1. The monoisotopic (exact) mass is 252 g/mol. The highest BCUT2D eigenvalue weighted by Gasteiger charge is 2.16. The molecule has 0 spiro atoms. The maximum Gasteiger partial charge on any atom is 0.0826 e. The standard InChI is InChI=1S/C13H24N4O/c1-4-13-11(9-17(3)15-13)8-16(2)10-12-7-14-5-6-18-12/h9,12,14H,4-8,10H2,1-3H3. The second-order valence-electron chi connectivity index (χ2n) is 5.02. The summed E-state index contributed by atoms with van der Waals surface area (Å²) in [4.78, 5) is 2.31. The molecule has 0 radical (unpaired) electrons. The van der Waals surface area contributed by atoms with Crippen molar-refractivity contribution in [1.29, 1.82) is 0 Å². The van der Waals surface area contributed by atoms with Gasteiger partial charge in [0.25, 0.3) is 0 Å². The summed E-state index contributed by atoms with van der Waals surface area (Å²) < 4.78 is 7.63. The van der Waals surface area contributed by atoms with Crippen LogP contribution in [0.4, 0.5) is 0 Å². The van der Waals surface area contributed by atoms with Crippen LogP contribution >= 0.6 is 0 Å². The van der Waals surface area contributed by atoms with Crippen molar-refractivity contribution in [2.45, 2.75) is 26.0 Å². The van der Waals surface area contributed by atoms with Crippen molar-refractivity contribution in [3.05, 3.63) is 17.5 Å². The average molecular weight is 252 g/mol. The van der Waals surface area contributed by atoms with Gasteiger partial charge in [-0.15, -0.1) is 0 Å². The summed E-state index contributed by atoms with van der Waals surface area (Å²) in [5.41, 5.74) is 2.53. The molecule has 2 rings (SSSR count). The van der Waals surface area contributed by atoms with Gasteiger partial charge in [0.15, 0.2) is 0 Å². The number of hydrogen-bond acceptors (Lipinski definition) is 4. The molecule has 5 nitrogen and oxygen atoms in total. The van der Waals surface area contributed by atoms with E-state index >= 15 is 0 Å². The number of rotatable bonds is 5. The van der Waals surface area contributed by atoms with Gasteiger partial charge in [0.05, 0.1) is 18.4 Å². The van der Waals surface area contributed by atoms with Gasteiger partial charge in [0.2, 0.25) is 0 Å². The van der Waals surface area contributed by atoms with Crippen LogP contribution in [0.3, 0.4) is 0 Å². The highest BCUT2D eigenvalue weighted by atomic mass is 16.5. The van der Waals surface area contributed by atoms with E-state index in [1.807, 2.05) is 11.7 Å². The molecule has 1 aromatic heterocycles. The van der Waals surface area contributed by atoms with E-state index in [9.17, 15) is 0 Å². The topological polar surface area (TPSA) is 42.3 Å². The lowest BCUT2D eigenvalue weighted by atomic mass is 10.2. The molecule has 102 valence electrons. The minimum Gasteiger partial charge on any atom is -0.374 e. The molecular formula is C13H24N4O. The van der Waals surface area contributed by atoms with Crippen molar-refractivity contribution < 1.29 is 4.74 Å². The molecule has 1 aromatic rings. The Labute approximate surface area is 109 Å². The van der Waals surface area contributed by atoms with Crippen LogP contribution in [0, 0.1) is 0 Å². The molecule has 2 heterocycles. The van der Waals surface area contributed by atoms with Crippen LogP contribution in [-0.2, 0) is 24.8 Å². The Morgan fingerprint density at radius 2 is 2.44 bits per heavy atom. The summed E-state index contributed by atoms with van der Waals surface area (Å²) in [6, 6.07) is 0. The molecule has 18 heavy (non-hydrogen) atoms. The summed E-state index contributed by atoms with van der Waals surface area (Å²) in [6.45, 7) is 6.81. The van der Waals surface area contributed by atoms with Gasteiger partial charge in [0.1, 0.15) is 0 Å². The lowest BCUT2D eigenvalue weighted by molar-refractivity contribution is 0.00881. The molecule has 5 heteroatoms. The van der Waals surface area contributed by atoms with Gasteiger partial charge in [-0.05, 0) is 13.5 Å². The van der Waals surface area contributed by atoms with Crippen molar-refractivity contribution in [2.75, 3.05) is 33.3 Å². The van der Waals surface area contributed by atoms with Gasteiger partial charge in [-0.3, -0.25) is 9.58 Å². The van der Waals surface area contributed by atoms with Gasteiger partial charge < -0.3 is 10.1 Å². The normalized spacial score (nSPS) is 20.6.